The summed E-state index contributed by atoms with van der Waals surface area (Å²) < 4.78 is 0.617. The van der Waals surface area contributed by atoms with E-state index in [0.29, 0.717) is 14.7 Å². The minimum absolute atomic E-state index is 0.530. The van der Waals surface area contributed by atoms with E-state index in [0.717, 1.165) is 29.1 Å². The molecule has 2 rings (SSSR count). The fourth-order valence-corrected chi connectivity index (χ4v) is 2.20. The number of nitrogens with one attached hydrogen (secondary N) is 1. The summed E-state index contributed by atoms with van der Waals surface area (Å²) >= 11 is 17.2. The van der Waals surface area contributed by atoms with Crippen LogP contribution in [-0.4, -0.2) is 9.97 Å². The van der Waals surface area contributed by atoms with Crippen LogP contribution in [0, 0.1) is 11.6 Å². The Kier molecular flexibility index (Phi) is 4.05. The second kappa shape index (κ2) is 5.39. The molecule has 0 unspecified atom stereocenters. The van der Waals surface area contributed by atoms with Gasteiger partial charge >= 0.3 is 0 Å². The lowest BCUT2D eigenvalue weighted by atomic mass is 10.1. The Bertz CT molecular complexity index is 650. The van der Waals surface area contributed by atoms with Crippen LogP contribution in [0.2, 0.25) is 10.0 Å². The molecule has 5 heteroatoms. The molecule has 0 saturated heterocycles. The average molecular weight is 299 g/mol. The molecular formula is C13H12Cl2N2S. The molecule has 0 saturated carbocycles. The van der Waals surface area contributed by atoms with Crippen molar-refractivity contribution in [2.45, 2.75) is 20.3 Å². The van der Waals surface area contributed by atoms with Gasteiger partial charge in [-0.25, -0.2) is 4.98 Å². The summed E-state index contributed by atoms with van der Waals surface area (Å²) in [6.45, 7) is 3.98. The van der Waals surface area contributed by atoms with E-state index in [2.05, 4.69) is 9.97 Å². The van der Waals surface area contributed by atoms with Crippen molar-refractivity contribution in [1.82, 2.24) is 9.97 Å². The van der Waals surface area contributed by atoms with Crippen LogP contribution in [0.25, 0.3) is 11.3 Å². The van der Waals surface area contributed by atoms with Gasteiger partial charge in [-0.15, -0.1) is 0 Å². The molecule has 0 bridgehead atoms. The Labute approximate surface area is 121 Å². The highest BCUT2D eigenvalue weighted by Gasteiger charge is 2.08. The van der Waals surface area contributed by atoms with Crippen molar-refractivity contribution in [1.29, 1.82) is 0 Å². The van der Waals surface area contributed by atoms with Gasteiger partial charge in [0.2, 0.25) is 0 Å². The standard InChI is InChI=1S/C13H12Cl2N2S/c1-3-11-16-12(7(2)13(18)17-11)8-4-5-9(14)10(15)6-8/h4-6H,3H2,1-2H3,(H,16,17,18). The van der Waals surface area contributed by atoms with Crippen LogP contribution < -0.4 is 0 Å². The van der Waals surface area contributed by atoms with Crippen molar-refractivity contribution < 1.29 is 0 Å². The highest BCUT2D eigenvalue weighted by molar-refractivity contribution is 7.71. The Morgan fingerprint density at radius 1 is 1.28 bits per heavy atom. The topological polar surface area (TPSA) is 28.7 Å². The van der Waals surface area contributed by atoms with Gasteiger partial charge in [0.1, 0.15) is 10.5 Å². The van der Waals surface area contributed by atoms with E-state index in [9.17, 15) is 0 Å². The van der Waals surface area contributed by atoms with Crippen molar-refractivity contribution >= 4 is 35.4 Å². The molecule has 0 spiro atoms. The molecule has 18 heavy (non-hydrogen) atoms. The number of halogens is 2. The van der Waals surface area contributed by atoms with Gasteiger partial charge in [0.05, 0.1) is 15.7 Å². The predicted octanol–water partition coefficient (Wildman–Crippen LogP) is 4.98. The maximum atomic E-state index is 6.04. The summed E-state index contributed by atoms with van der Waals surface area (Å²) in [6, 6.07) is 5.53. The largest absolute Gasteiger partial charge is 0.343 e. The number of hydrogen-bond donors (Lipinski definition) is 1. The smallest absolute Gasteiger partial charge is 0.133 e. The maximum Gasteiger partial charge on any atom is 0.133 e. The lowest BCUT2D eigenvalue weighted by Gasteiger charge is -2.09. The molecule has 0 amide bonds. The van der Waals surface area contributed by atoms with Crippen LogP contribution in [-0.2, 0) is 6.42 Å². The Balaban J connectivity index is 2.66. The quantitative estimate of drug-likeness (QED) is 0.792. The van der Waals surface area contributed by atoms with Crippen molar-refractivity contribution in [3.8, 4) is 11.3 Å². The van der Waals surface area contributed by atoms with Crippen LogP contribution in [0.15, 0.2) is 18.2 Å². The first-order valence-electron chi connectivity index (χ1n) is 5.58. The summed E-state index contributed by atoms with van der Waals surface area (Å²) in [5.41, 5.74) is 2.86. The number of aryl methyl sites for hydroxylation is 1. The van der Waals surface area contributed by atoms with E-state index in [4.69, 9.17) is 35.4 Å². The SMILES string of the molecule is CCc1nc(=S)c(C)c(-c2ccc(Cl)c(Cl)c2)[nH]1. The number of benzene rings is 1. The van der Waals surface area contributed by atoms with E-state index in [1.165, 1.54) is 0 Å². The number of H-pyrrole nitrogens is 1. The summed E-state index contributed by atoms with van der Waals surface area (Å²) in [5.74, 6) is 0.867. The molecule has 2 nitrogen and oxygen atoms in total. The van der Waals surface area contributed by atoms with Crippen molar-refractivity contribution in [3.63, 3.8) is 0 Å². The summed E-state index contributed by atoms with van der Waals surface area (Å²) in [6.07, 6.45) is 0.804. The monoisotopic (exact) mass is 298 g/mol. The molecule has 0 atom stereocenters. The molecular weight excluding hydrogens is 287 g/mol. The van der Waals surface area contributed by atoms with Gasteiger partial charge in [-0.3, -0.25) is 0 Å². The summed E-state index contributed by atoms with van der Waals surface area (Å²) in [5, 5.41) is 1.07. The number of rotatable bonds is 2. The Hall–Kier alpha value is -0.900. The average Bonchev–Trinajstić information content (AvgIpc) is 2.36. The summed E-state index contributed by atoms with van der Waals surface area (Å²) in [4.78, 5) is 7.60. The van der Waals surface area contributed by atoms with Crippen molar-refractivity contribution in [2.24, 2.45) is 0 Å². The molecule has 2 aromatic rings. The second-order valence-electron chi connectivity index (χ2n) is 3.97. The van der Waals surface area contributed by atoms with E-state index < -0.39 is 0 Å². The van der Waals surface area contributed by atoms with E-state index >= 15 is 0 Å². The minimum Gasteiger partial charge on any atom is -0.343 e. The van der Waals surface area contributed by atoms with Gasteiger partial charge in [-0.05, 0) is 24.6 Å². The van der Waals surface area contributed by atoms with Crippen LogP contribution in [0.3, 0.4) is 0 Å². The zero-order valence-electron chi connectivity index (χ0n) is 10.1. The van der Waals surface area contributed by atoms with E-state index in [-0.39, 0.29) is 0 Å². The van der Waals surface area contributed by atoms with Gasteiger partial charge in [0.25, 0.3) is 0 Å². The van der Waals surface area contributed by atoms with Crippen molar-refractivity contribution in [3.05, 3.63) is 44.3 Å². The molecule has 0 fully saturated rings. The third kappa shape index (κ3) is 2.58. The van der Waals surface area contributed by atoms with Gasteiger partial charge < -0.3 is 4.98 Å². The molecule has 94 valence electrons. The van der Waals surface area contributed by atoms with Crippen LogP contribution in [0.5, 0.6) is 0 Å². The van der Waals surface area contributed by atoms with Gasteiger partial charge in [0.15, 0.2) is 0 Å². The van der Waals surface area contributed by atoms with Gasteiger partial charge in [-0.2, -0.15) is 0 Å². The van der Waals surface area contributed by atoms with E-state index in [1.807, 2.05) is 26.0 Å². The van der Waals surface area contributed by atoms with Crippen LogP contribution >= 0.6 is 35.4 Å². The molecule has 1 heterocycles. The highest BCUT2D eigenvalue weighted by Crippen LogP contribution is 2.29. The van der Waals surface area contributed by atoms with Crippen LogP contribution in [0.4, 0.5) is 0 Å². The fourth-order valence-electron chi connectivity index (χ4n) is 1.69. The predicted molar refractivity (Wildman–Crippen MR) is 79.0 cm³/mol. The number of aromatic nitrogens is 2. The molecule has 1 aromatic carbocycles. The molecule has 1 N–H and O–H groups in total. The first-order chi connectivity index (χ1) is 8.52. The zero-order chi connectivity index (χ0) is 13.3. The number of aromatic amines is 1. The van der Waals surface area contributed by atoms with E-state index in [1.54, 1.807) is 6.07 Å². The third-order valence-corrected chi connectivity index (χ3v) is 3.88. The molecule has 0 radical (unpaired) electrons. The molecule has 0 aliphatic rings. The Morgan fingerprint density at radius 2 is 2.00 bits per heavy atom. The lowest BCUT2D eigenvalue weighted by Crippen LogP contribution is -1.99. The van der Waals surface area contributed by atoms with Crippen molar-refractivity contribution in [2.75, 3.05) is 0 Å². The molecule has 0 aliphatic carbocycles. The first kappa shape index (κ1) is 13.5. The second-order valence-corrected chi connectivity index (χ2v) is 5.17. The summed E-state index contributed by atoms with van der Waals surface area (Å²) in [7, 11) is 0. The number of hydrogen-bond acceptors (Lipinski definition) is 2. The van der Waals surface area contributed by atoms with Crippen LogP contribution in [0.1, 0.15) is 18.3 Å². The number of nitrogens with zero attached hydrogens (tertiary/aromatic N) is 1. The fraction of sp³-hybridized carbons (Fsp3) is 0.231. The zero-order valence-corrected chi connectivity index (χ0v) is 12.4. The van der Waals surface area contributed by atoms with Gasteiger partial charge in [0, 0.05) is 12.0 Å². The van der Waals surface area contributed by atoms with Gasteiger partial charge in [-0.1, -0.05) is 48.4 Å². The normalized spacial score (nSPS) is 10.7. The lowest BCUT2D eigenvalue weighted by molar-refractivity contribution is 0.926. The minimum atomic E-state index is 0.530. The third-order valence-electron chi connectivity index (χ3n) is 2.74. The molecule has 0 aliphatic heterocycles. The highest BCUT2D eigenvalue weighted by atomic mass is 35.5. The maximum absolute atomic E-state index is 6.04. The first-order valence-corrected chi connectivity index (χ1v) is 6.74. The Morgan fingerprint density at radius 3 is 2.61 bits per heavy atom. The molecule has 1 aromatic heterocycles.